The summed E-state index contributed by atoms with van der Waals surface area (Å²) in [6.45, 7) is 10.6. The van der Waals surface area contributed by atoms with Crippen LogP contribution < -0.4 is 5.32 Å². The largest absolute Gasteiger partial charge is 0.455 e. The van der Waals surface area contributed by atoms with Crippen LogP contribution in [0.3, 0.4) is 0 Å². The topological polar surface area (TPSA) is 122 Å². The molecule has 1 aliphatic carbocycles. The molecule has 12 heteroatoms. The molecule has 2 fully saturated rings. The molecule has 10 nitrogen and oxygen atoms in total. The van der Waals surface area contributed by atoms with Crippen LogP contribution in [-0.2, 0) is 25.5 Å². The first-order valence-corrected chi connectivity index (χ1v) is 19.4. The summed E-state index contributed by atoms with van der Waals surface area (Å²) in [5.74, 6) is -0.267. The lowest BCUT2D eigenvalue weighted by molar-refractivity contribution is -0.150. The zero-order valence-corrected chi connectivity index (χ0v) is 31.4. The highest BCUT2D eigenvalue weighted by molar-refractivity contribution is 7.10. The van der Waals surface area contributed by atoms with Crippen molar-refractivity contribution in [3.63, 3.8) is 0 Å². The van der Waals surface area contributed by atoms with E-state index in [4.69, 9.17) is 4.74 Å². The summed E-state index contributed by atoms with van der Waals surface area (Å²) in [6, 6.07) is -0.471. The van der Waals surface area contributed by atoms with Crippen molar-refractivity contribution in [2.45, 2.75) is 123 Å². The van der Waals surface area contributed by atoms with Crippen molar-refractivity contribution < 1.29 is 23.9 Å². The number of ketones is 1. The molecule has 0 aromatic carbocycles. The van der Waals surface area contributed by atoms with Gasteiger partial charge in [-0.1, -0.05) is 40.5 Å². The SMILES string of the molecule is CC(=O)O[C@H](C[C@H](C(C)C)N(C)C(=O)[C@@H](CC(=O)[C@H]1CCCCN1C)C1CCC1)c1nc(C(=O)N[C@@H](Cc2nccs2)CC(C)C)cs1. The highest BCUT2D eigenvalue weighted by Gasteiger charge is 2.40. The van der Waals surface area contributed by atoms with Crippen molar-refractivity contribution in [1.29, 1.82) is 0 Å². The van der Waals surface area contributed by atoms with Crippen molar-refractivity contribution in [2.75, 3.05) is 20.6 Å². The summed E-state index contributed by atoms with van der Waals surface area (Å²) < 4.78 is 5.81. The maximum absolute atomic E-state index is 14.2. The summed E-state index contributed by atoms with van der Waals surface area (Å²) in [6.07, 6.45) is 9.12. The van der Waals surface area contributed by atoms with E-state index in [1.807, 2.05) is 19.5 Å². The minimum absolute atomic E-state index is 0.0117. The molecule has 48 heavy (non-hydrogen) atoms. The van der Waals surface area contributed by atoms with E-state index >= 15 is 0 Å². The fourth-order valence-electron chi connectivity index (χ4n) is 7.18. The molecule has 0 spiro atoms. The first-order chi connectivity index (χ1) is 22.8. The van der Waals surface area contributed by atoms with Crippen LogP contribution in [0.5, 0.6) is 0 Å². The number of carbonyl (C=O) groups excluding carboxylic acids is 4. The number of likely N-dealkylation sites (N-methyl/N-ethyl adjacent to an activating group) is 1. The van der Waals surface area contributed by atoms with E-state index in [1.165, 1.54) is 18.3 Å². The van der Waals surface area contributed by atoms with Gasteiger partial charge in [-0.05, 0) is 63.5 Å². The predicted molar refractivity (Wildman–Crippen MR) is 190 cm³/mol. The van der Waals surface area contributed by atoms with E-state index in [0.717, 1.165) is 56.5 Å². The van der Waals surface area contributed by atoms with Gasteiger partial charge >= 0.3 is 5.97 Å². The summed E-state index contributed by atoms with van der Waals surface area (Å²) in [7, 11) is 3.83. The average molecular weight is 702 g/mol. The number of nitrogens with one attached hydrogen (secondary N) is 1. The fourth-order valence-corrected chi connectivity index (χ4v) is 8.72. The highest BCUT2D eigenvalue weighted by atomic mass is 32.1. The molecule has 2 amide bonds. The van der Waals surface area contributed by atoms with Crippen molar-refractivity contribution in [3.8, 4) is 0 Å². The Morgan fingerprint density at radius 1 is 1.06 bits per heavy atom. The Kier molecular flexibility index (Phi) is 14.1. The van der Waals surface area contributed by atoms with E-state index in [1.54, 1.807) is 27.8 Å². The van der Waals surface area contributed by atoms with E-state index in [9.17, 15) is 19.2 Å². The fraction of sp³-hybridized carbons (Fsp3) is 0.722. The molecule has 2 aromatic rings. The summed E-state index contributed by atoms with van der Waals surface area (Å²) in [4.78, 5) is 66.4. The second-order valence-corrected chi connectivity index (χ2v) is 16.4. The molecular weight excluding hydrogens is 647 g/mol. The summed E-state index contributed by atoms with van der Waals surface area (Å²) in [5.41, 5.74) is 0.279. The van der Waals surface area contributed by atoms with Crippen molar-refractivity contribution >= 4 is 46.2 Å². The van der Waals surface area contributed by atoms with E-state index in [0.29, 0.717) is 23.8 Å². The summed E-state index contributed by atoms with van der Waals surface area (Å²) >= 11 is 2.86. The zero-order valence-electron chi connectivity index (χ0n) is 29.8. The number of likely N-dealkylation sites (tertiary alicyclic amines) is 1. The molecule has 3 heterocycles. The standard InChI is InChI=1S/C36H55N5O5S2/c1-22(2)17-26(18-33-37-14-16-47-33)38-34(44)28-21-48-35(39-28)32(46-24(5)42)20-30(23(3)4)41(7)36(45)27(25-11-10-12-25)19-31(43)29-13-8-9-15-40(29)6/h14,16,21-23,25-27,29-30,32H,8-13,15,17-20H2,1-7H3,(H,38,44)/t26-,27+,29-,30-,32-/m1/s1. The lowest BCUT2D eigenvalue weighted by atomic mass is 9.72. The molecule has 0 unspecified atom stereocenters. The molecule has 266 valence electrons. The van der Waals surface area contributed by atoms with Crippen molar-refractivity contribution in [2.24, 2.45) is 23.7 Å². The van der Waals surface area contributed by atoms with Gasteiger partial charge < -0.3 is 15.0 Å². The number of ether oxygens (including phenoxy) is 1. The van der Waals surface area contributed by atoms with E-state index in [2.05, 4.69) is 47.9 Å². The van der Waals surface area contributed by atoms with Gasteiger partial charge in [0.2, 0.25) is 5.91 Å². The van der Waals surface area contributed by atoms with Gasteiger partial charge in [0.15, 0.2) is 11.9 Å². The summed E-state index contributed by atoms with van der Waals surface area (Å²) in [5, 5.41) is 8.28. The smallest absolute Gasteiger partial charge is 0.303 e. The Labute approximate surface area is 294 Å². The number of aromatic nitrogens is 2. The van der Waals surface area contributed by atoms with Gasteiger partial charge in [-0.25, -0.2) is 9.97 Å². The minimum Gasteiger partial charge on any atom is -0.455 e. The predicted octanol–water partition coefficient (Wildman–Crippen LogP) is 6.32. The van der Waals surface area contributed by atoms with Crippen LogP contribution in [0.2, 0.25) is 0 Å². The Morgan fingerprint density at radius 3 is 2.40 bits per heavy atom. The number of Topliss-reactive ketones (excluding diaryl/α,β-unsaturated/α-hetero) is 1. The van der Waals surface area contributed by atoms with Gasteiger partial charge in [0.25, 0.3) is 5.91 Å². The monoisotopic (exact) mass is 701 g/mol. The molecule has 5 atom stereocenters. The molecule has 0 bridgehead atoms. The second-order valence-electron chi connectivity index (χ2n) is 14.6. The first kappa shape index (κ1) is 38.1. The van der Waals surface area contributed by atoms with E-state index in [-0.39, 0.29) is 65.6 Å². The van der Waals surface area contributed by atoms with Gasteiger partial charge in [-0.2, -0.15) is 0 Å². The third-order valence-electron chi connectivity index (χ3n) is 10.0. The van der Waals surface area contributed by atoms with Crippen LogP contribution in [0.1, 0.15) is 119 Å². The lowest BCUT2D eigenvalue weighted by Crippen LogP contribution is -2.49. The first-order valence-electron chi connectivity index (χ1n) is 17.6. The maximum atomic E-state index is 14.2. The van der Waals surface area contributed by atoms with Crippen LogP contribution in [0.25, 0.3) is 0 Å². The molecular formula is C36H55N5O5S2. The van der Waals surface area contributed by atoms with Crippen molar-refractivity contribution in [3.05, 3.63) is 32.7 Å². The van der Waals surface area contributed by atoms with Crippen LogP contribution in [0.4, 0.5) is 0 Å². The molecule has 1 aliphatic heterocycles. The number of thiazole rings is 2. The normalized spacial score (nSPS) is 19.7. The van der Waals surface area contributed by atoms with Crippen molar-refractivity contribution in [1.82, 2.24) is 25.1 Å². The van der Waals surface area contributed by atoms with Gasteiger partial charge in [0.1, 0.15) is 10.7 Å². The number of esters is 1. The van der Waals surface area contributed by atoms with Gasteiger partial charge in [-0.15, -0.1) is 22.7 Å². The number of amides is 2. The minimum atomic E-state index is -0.724. The van der Waals surface area contributed by atoms with E-state index < -0.39 is 12.1 Å². The number of rotatable bonds is 17. The molecule has 4 rings (SSSR count). The maximum Gasteiger partial charge on any atom is 0.303 e. The van der Waals surface area contributed by atoms with Gasteiger partial charge in [-0.3, -0.25) is 24.1 Å². The number of piperidine rings is 1. The number of carbonyl (C=O) groups is 4. The molecule has 2 aliphatic rings. The highest BCUT2D eigenvalue weighted by Crippen LogP contribution is 2.38. The molecule has 1 saturated carbocycles. The van der Waals surface area contributed by atoms with Gasteiger partial charge in [0.05, 0.1) is 11.0 Å². The van der Waals surface area contributed by atoms with Crippen LogP contribution in [0, 0.1) is 23.7 Å². The number of hydrogen-bond donors (Lipinski definition) is 1. The van der Waals surface area contributed by atoms with Crippen LogP contribution in [0.15, 0.2) is 17.0 Å². The average Bonchev–Trinajstić information content (AvgIpc) is 3.69. The van der Waals surface area contributed by atoms with Gasteiger partial charge in [0, 0.05) is 68.2 Å². The third kappa shape index (κ3) is 10.4. The molecule has 2 aromatic heterocycles. The second kappa shape index (κ2) is 17.8. The van der Waals surface area contributed by atoms with Crippen LogP contribution >= 0.6 is 22.7 Å². The Bertz CT molecular complexity index is 1360. The quantitative estimate of drug-likeness (QED) is 0.190. The third-order valence-corrected chi connectivity index (χ3v) is 11.7. The zero-order chi connectivity index (χ0) is 35.0. The molecule has 1 N–H and O–H groups in total. The lowest BCUT2D eigenvalue weighted by Gasteiger charge is -2.40. The van der Waals surface area contributed by atoms with Crippen LogP contribution in [-0.4, -0.2) is 82.1 Å². The Hall–Kier alpha value is -2.70. The Morgan fingerprint density at radius 2 is 1.81 bits per heavy atom. The molecule has 1 saturated heterocycles. The number of hydrogen-bond acceptors (Lipinski definition) is 10. The Balaban J connectivity index is 1.48. The number of nitrogens with zero attached hydrogens (tertiary/aromatic N) is 4. The molecule has 0 radical (unpaired) electrons.